The van der Waals surface area contributed by atoms with E-state index in [2.05, 4.69) is 5.16 Å². The van der Waals surface area contributed by atoms with E-state index in [9.17, 15) is 4.79 Å². The van der Waals surface area contributed by atoms with Crippen molar-refractivity contribution in [1.29, 1.82) is 0 Å². The fourth-order valence-corrected chi connectivity index (χ4v) is 0.384. The van der Waals surface area contributed by atoms with Gasteiger partial charge in [0.05, 0.1) is 11.1 Å². The first-order valence-electron chi connectivity index (χ1n) is 3.73. The van der Waals surface area contributed by atoms with Gasteiger partial charge in [0.25, 0.3) is 0 Å². The molecule has 0 bridgehead atoms. The van der Waals surface area contributed by atoms with Crippen LogP contribution in [-0.4, -0.2) is 23.4 Å². The van der Waals surface area contributed by atoms with Crippen LogP contribution in [-0.2, 0) is 9.63 Å². The molecule has 0 atom stereocenters. The summed E-state index contributed by atoms with van der Waals surface area (Å²) in [6.45, 7) is 6.85. The maximum Gasteiger partial charge on any atom is 0.312 e. The smallest absolute Gasteiger partial charge is 0.312 e. The van der Waals surface area contributed by atoms with Gasteiger partial charge in [-0.2, -0.15) is 0 Å². The summed E-state index contributed by atoms with van der Waals surface area (Å²) in [6, 6.07) is 0. The van der Waals surface area contributed by atoms with Crippen molar-refractivity contribution in [3.63, 3.8) is 0 Å². The van der Waals surface area contributed by atoms with Crippen LogP contribution in [0.4, 0.5) is 0 Å². The lowest BCUT2D eigenvalue weighted by Crippen LogP contribution is -2.28. The molecule has 4 nitrogen and oxygen atoms in total. The Hall–Kier alpha value is -1.06. The first-order chi connectivity index (χ1) is 5.36. The first kappa shape index (κ1) is 10.9. The second-order valence-corrected chi connectivity index (χ2v) is 3.50. The van der Waals surface area contributed by atoms with E-state index in [1.54, 1.807) is 27.7 Å². The lowest BCUT2D eigenvalue weighted by Gasteiger charge is -2.16. The van der Waals surface area contributed by atoms with Gasteiger partial charge in [0.2, 0.25) is 0 Å². The minimum atomic E-state index is -0.883. The molecule has 4 heteroatoms. The van der Waals surface area contributed by atoms with Crippen LogP contribution in [0.15, 0.2) is 5.16 Å². The van der Waals surface area contributed by atoms with E-state index < -0.39 is 11.4 Å². The van der Waals surface area contributed by atoms with Crippen LogP contribution < -0.4 is 0 Å². The number of carbonyl (C=O) groups is 1. The van der Waals surface area contributed by atoms with Crippen molar-refractivity contribution < 1.29 is 14.7 Å². The van der Waals surface area contributed by atoms with Crippen molar-refractivity contribution in [2.24, 2.45) is 10.6 Å². The van der Waals surface area contributed by atoms with Crippen LogP contribution in [0, 0.1) is 5.41 Å². The average Bonchev–Trinajstić information content (AvgIpc) is 1.85. The number of carboxylic acids is 1. The molecule has 0 aliphatic rings. The monoisotopic (exact) mass is 173 g/mol. The fourth-order valence-electron chi connectivity index (χ4n) is 0.384. The predicted molar refractivity (Wildman–Crippen MR) is 46.2 cm³/mol. The van der Waals surface area contributed by atoms with Crippen LogP contribution in [0.2, 0.25) is 0 Å². The highest BCUT2D eigenvalue weighted by atomic mass is 16.6. The zero-order valence-electron chi connectivity index (χ0n) is 7.92. The Bertz CT molecular complexity index is 192. The molecule has 0 radical (unpaired) electrons. The van der Waals surface area contributed by atoms with E-state index in [4.69, 9.17) is 9.94 Å². The van der Waals surface area contributed by atoms with E-state index in [0.29, 0.717) is 0 Å². The Balaban J connectivity index is 3.93. The van der Waals surface area contributed by atoms with Gasteiger partial charge < -0.3 is 9.94 Å². The predicted octanol–water partition coefficient (Wildman–Crippen LogP) is 1.51. The SMILES string of the molecule is CC(C)=NOCC(C)(C)C(=O)O. The maximum atomic E-state index is 10.6. The number of aliphatic carboxylic acids is 1. The second kappa shape index (κ2) is 4.09. The van der Waals surface area contributed by atoms with Crippen molar-refractivity contribution in [2.75, 3.05) is 6.61 Å². The van der Waals surface area contributed by atoms with E-state index in [1.165, 1.54) is 0 Å². The third-order valence-electron chi connectivity index (χ3n) is 1.25. The summed E-state index contributed by atoms with van der Waals surface area (Å²) in [5.74, 6) is -0.883. The van der Waals surface area contributed by atoms with E-state index in [1.807, 2.05) is 0 Å². The number of hydrogen-bond acceptors (Lipinski definition) is 3. The Morgan fingerprint density at radius 2 is 2.00 bits per heavy atom. The third kappa shape index (κ3) is 3.95. The highest BCUT2D eigenvalue weighted by molar-refractivity contribution is 5.78. The minimum Gasteiger partial charge on any atom is -0.481 e. The lowest BCUT2D eigenvalue weighted by atomic mass is 9.96. The van der Waals surface area contributed by atoms with Crippen molar-refractivity contribution in [2.45, 2.75) is 27.7 Å². The zero-order valence-corrected chi connectivity index (χ0v) is 7.92. The molecule has 0 spiro atoms. The Morgan fingerprint density at radius 3 is 2.33 bits per heavy atom. The minimum absolute atomic E-state index is 0.0908. The molecule has 0 saturated carbocycles. The highest BCUT2D eigenvalue weighted by Crippen LogP contribution is 2.15. The van der Waals surface area contributed by atoms with E-state index in [0.717, 1.165) is 5.71 Å². The molecule has 0 aromatic rings. The van der Waals surface area contributed by atoms with Gasteiger partial charge in [-0.1, -0.05) is 5.16 Å². The molecule has 70 valence electrons. The molecular weight excluding hydrogens is 158 g/mol. The van der Waals surface area contributed by atoms with E-state index in [-0.39, 0.29) is 6.61 Å². The van der Waals surface area contributed by atoms with Crippen LogP contribution in [0.1, 0.15) is 27.7 Å². The molecule has 0 heterocycles. The number of carboxylic acid groups (broad SMARTS) is 1. The molecule has 12 heavy (non-hydrogen) atoms. The van der Waals surface area contributed by atoms with Crippen molar-refractivity contribution in [3.05, 3.63) is 0 Å². The Kier molecular flexibility index (Phi) is 3.73. The van der Waals surface area contributed by atoms with Crippen molar-refractivity contribution >= 4 is 11.7 Å². The molecule has 0 aromatic carbocycles. The fraction of sp³-hybridized carbons (Fsp3) is 0.750. The van der Waals surface area contributed by atoms with Gasteiger partial charge in [0.15, 0.2) is 0 Å². The highest BCUT2D eigenvalue weighted by Gasteiger charge is 2.28. The summed E-state index contributed by atoms with van der Waals surface area (Å²) in [4.78, 5) is 15.4. The van der Waals surface area contributed by atoms with Crippen LogP contribution in [0.3, 0.4) is 0 Å². The van der Waals surface area contributed by atoms with Crippen LogP contribution in [0.5, 0.6) is 0 Å². The summed E-state index contributed by atoms with van der Waals surface area (Å²) in [6.07, 6.45) is 0. The summed E-state index contributed by atoms with van der Waals surface area (Å²) in [5.41, 5.74) is -0.102. The second-order valence-electron chi connectivity index (χ2n) is 3.50. The molecule has 0 rings (SSSR count). The van der Waals surface area contributed by atoms with Gasteiger partial charge in [-0.3, -0.25) is 4.79 Å². The number of rotatable bonds is 4. The molecule has 0 unspecified atom stereocenters. The summed E-state index contributed by atoms with van der Waals surface area (Å²) < 4.78 is 0. The van der Waals surface area contributed by atoms with Gasteiger partial charge >= 0.3 is 5.97 Å². The molecular formula is C8H15NO3. The molecule has 0 aliphatic carbocycles. The molecule has 0 amide bonds. The van der Waals surface area contributed by atoms with Gasteiger partial charge in [0.1, 0.15) is 6.61 Å². The molecule has 0 aliphatic heterocycles. The van der Waals surface area contributed by atoms with Gasteiger partial charge in [-0.05, 0) is 27.7 Å². The van der Waals surface area contributed by atoms with Crippen molar-refractivity contribution in [1.82, 2.24) is 0 Å². The number of hydrogen-bond donors (Lipinski definition) is 1. The normalized spacial score (nSPS) is 10.7. The topological polar surface area (TPSA) is 58.9 Å². The first-order valence-corrected chi connectivity index (χ1v) is 3.73. The van der Waals surface area contributed by atoms with Gasteiger partial charge in [0, 0.05) is 0 Å². The zero-order chi connectivity index (χ0) is 9.78. The molecule has 1 N–H and O–H groups in total. The van der Waals surface area contributed by atoms with Crippen LogP contribution in [0.25, 0.3) is 0 Å². The summed E-state index contributed by atoms with van der Waals surface area (Å²) >= 11 is 0. The van der Waals surface area contributed by atoms with Gasteiger partial charge in [-0.15, -0.1) is 0 Å². The Morgan fingerprint density at radius 1 is 1.50 bits per heavy atom. The molecule has 0 fully saturated rings. The Labute approximate surface area is 72.2 Å². The number of nitrogens with zero attached hydrogens (tertiary/aromatic N) is 1. The standard InChI is InChI=1S/C8H15NO3/c1-6(2)9-12-5-8(3,4)7(10)11/h5H2,1-4H3,(H,10,11). The van der Waals surface area contributed by atoms with Crippen LogP contribution >= 0.6 is 0 Å². The van der Waals surface area contributed by atoms with E-state index >= 15 is 0 Å². The largest absolute Gasteiger partial charge is 0.481 e. The number of oxime groups is 1. The average molecular weight is 173 g/mol. The maximum absolute atomic E-state index is 10.6. The van der Waals surface area contributed by atoms with Crippen molar-refractivity contribution in [3.8, 4) is 0 Å². The summed E-state index contributed by atoms with van der Waals surface area (Å²) in [7, 11) is 0. The summed E-state index contributed by atoms with van der Waals surface area (Å²) in [5, 5.41) is 12.3. The molecule has 0 saturated heterocycles. The van der Waals surface area contributed by atoms with Gasteiger partial charge in [-0.25, -0.2) is 0 Å². The lowest BCUT2D eigenvalue weighted by molar-refractivity contribution is -0.150. The molecule has 0 aromatic heterocycles. The third-order valence-corrected chi connectivity index (χ3v) is 1.25. The quantitative estimate of drug-likeness (QED) is 0.517.